The van der Waals surface area contributed by atoms with Crippen LogP contribution in [-0.4, -0.2) is 92.4 Å². The van der Waals surface area contributed by atoms with Crippen molar-refractivity contribution in [2.24, 2.45) is 0 Å². The maximum atomic E-state index is 2.61. The maximum absolute atomic E-state index is 2.61. The van der Waals surface area contributed by atoms with E-state index in [4.69, 9.17) is 0 Å². The van der Waals surface area contributed by atoms with Gasteiger partial charge >= 0.3 is 23.1 Å². The van der Waals surface area contributed by atoms with Crippen molar-refractivity contribution in [2.45, 2.75) is 84.6 Å². The Bertz CT molecular complexity index is 501. The van der Waals surface area contributed by atoms with E-state index in [-0.39, 0.29) is 54.4 Å². The minimum Gasteiger partial charge on any atom is -1.00 e. The number of hydrogen-bond donors (Lipinski definition) is 2. The molecule has 188 valence electrons. The van der Waals surface area contributed by atoms with Crippen molar-refractivity contribution in [1.82, 2.24) is 0 Å². The SMILES string of the molecule is C1CC[NH+](CC[NH+]2CCCC2)C1.C[Si](C)(C)[Si-]([Si](C)(C)C)[Si](C)(C)C.[I-].[Mg+2].c1ccccc1. The molecule has 0 bridgehead atoms. The van der Waals surface area contributed by atoms with Crippen LogP contribution in [0.25, 0.3) is 0 Å². The Labute approximate surface area is 245 Å². The topological polar surface area (TPSA) is 8.88 Å². The summed E-state index contributed by atoms with van der Waals surface area (Å²) in [5.41, 5.74) is 0. The minimum absolute atomic E-state index is 0. The van der Waals surface area contributed by atoms with Crippen LogP contribution in [0, 0.1) is 0 Å². The van der Waals surface area contributed by atoms with E-state index in [1.807, 2.05) is 46.2 Å². The van der Waals surface area contributed by atoms with Crippen LogP contribution >= 0.6 is 0 Å². The zero-order valence-electron chi connectivity index (χ0n) is 23.6. The second-order valence-electron chi connectivity index (χ2n) is 12.7. The maximum Gasteiger partial charge on any atom is 2.00 e. The van der Waals surface area contributed by atoms with E-state index in [2.05, 4.69) is 58.9 Å². The van der Waals surface area contributed by atoms with Crippen molar-refractivity contribution in [3.05, 3.63) is 36.4 Å². The minimum atomic E-state index is -0.832. The predicted octanol–water partition coefficient (Wildman–Crippen LogP) is 0.385. The number of hydrogen-bond acceptors (Lipinski definition) is 0. The molecule has 0 atom stereocenters. The standard InChI is InChI=1S/C10H20N2.C9H27Si4.C6H6.HI.Mg/c1-2-6-11(5-1)9-10-12-7-3-4-8-12;1-11(2,3)10(12(4,5)6)13(7,8)9;1-2-4-6-5-3-1;;/h1-10H2;1-9H3;1-6H;1H;/q;-1;;;+2/p+1. The molecule has 2 aliphatic heterocycles. The number of halogens is 1. The van der Waals surface area contributed by atoms with Crippen LogP contribution in [0.4, 0.5) is 0 Å². The Morgan fingerprint density at radius 2 is 0.727 bits per heavy atom. The van der Waals surface area contributed by atoms with Crippen molar-refractivity contribution in [1.29, 1.82) is 0 Å². The second-order valence-corrected chi connectivity index (χ2v) is 49.4. The first-order valence-electron chi connectivity index (χ1n) is 12.9. The normalized spacial score (nSPS) is 17.3. The van der Waals surface area contributed by atoms with Crippen LogP contribution in [0.2, 0.25) is 58.9 Å². The number of rotatable bonds is 6. The van der Waals surface area contributed by atoms with Crippen LogP contribution in [-0.2, 0) is 0 Å². The molecule has 1 aromatic rings. The summed E-state index contributed by atoms with van der Waals surface area (Å²) in [7, 11) is -2.47. The molecule has 2 saturated heterocycles. The Morgan fingerprint density at radius 3 is 0.879 bits per heavy atom. The molecule has 0 aromatic heterocycles. The number of benzene rings is 1. The van der Waals surface area contributed by atoms with Gasteiger partial charge in [-0.3, -0.25) is 7.35 Å². The molecule has 2 aliphatic rings. The monoisotopic (exact) mass is 646 g/mol. The third kappa shape index (κ3) is 16.8. The van der Waals surface area contributed by atoms with Gasteiger partial charge in [0.15, 0.2) is 0 Å². The van der Waals surface area contributed by atoms with E-state index in [9.17, 15) is 0 Å². The summed E-state index contributed by atoms with van der Waals surface area (Å²) in [6.07, 6.45) is 5.91. The summed E-state index contributed by atoms with van der Waals surface area (Å²) in [6, 6.07) is 12.0. The van der Waals surface area contributed by atoms with Crippen molar-refractivity contribution in [3.8, 4) is 0 Å². The first kappa shape index (κ1) is 36.7. The molecule has 0 saturated carbocycles. The Balaban J connectivity index is 0. The molecule has 2 nitrogen and oxygen atoms in total. The molecule has 0 radical (unpaired) electrons. The number of likely N-dealkylation sites (tertiary alicyclic amines) is 2. The molecule has 0 amide bonds. The number of quaternary nitrogens is 2. The fourth-order valence-corrected chi connectivity index (χ4v) is 94.1. The Morgan fingerprint density at radius 1 is 0.515 bits per heavy atom. The quantitative estimate of drug-likeness (QED) is 0.327. The Kier molecular flexibility index (Phi) is 19.9. The molecule has 0 unspecified atom stereocenters. The van der Waals surface area contributed by atoms with E-state index >= 15 is 0 Å². The largest absolute Gasteiger partial charge is 2.00 e. The predicted molar refractivity (Wildman–Crippen MR) is 158 cm³/mol. The van der Waals surface area contributed by atoms with E-state index < -0.39 is 22.8 Å². The average Bonchev–Trinajstić information content (AvgIpc) is 3.32. The summed E-state index contributed by atoms with van der Waals surface area (Å²) < 4.78 is 0. The molecule has 0 aliphatic carbocycles. The molecule has 33 heavy (non-hydrogen) atoms. The summed E-state index contributed by atoms with van der Waals surface area (Å²) >= 11 is 0. The molecular formula is C25H55IMgN2Si4+2. The Hall–Kier alpha value is 1.50. The van der Waals surface area contributed by atoms with Gasteiger partial charge in [-0.1, -0.05) is 95.3 Å². The molecule has 0 spiro atoms. The van der Waals surface area contributed by atoms with Gasteiger partial charge in [0, 0.05) is 25.7 Å². The third-order valence-electron chi connectivity index (χ3n) is 6.37. The molecule has 2 heterocycles. The molecule has 1 aromatic carbocycles. The molecule has 2 fully saturated rings. The van der Waals surface area contributed by atoms with E-state index in [1.54, 1.807) is 0 Å². The van der Waals surface area contributed by atoms with Crippen LogP contribution in [0.1, 0.15) is 25.7 Å². The van der Waals surface area contributed by atoms with Gasteiger partial charge < -0.3 is 33.8 Å². The zero-order valence-corrected chi connectivity index (χ0v) is 31.2. The van der Waals surface area contributed by atoms with E-state index in [0.717, 1.165) is 0 Å². The molecule has 8 heteroatoms. The van der Waals surface area contributed by atoms with Gasteiger partial charge in [-0.15, -0.1) is 22.8 Å². The molecule has 2 N–H and O–H groups in total. The fourth-order valence-electron chi connectivity index (χ4n) is 6.36. The van der Waals surface area contributed by atoms with Crippen molar-refractivity contribution in [3.63, 3.8) is 0 Å². The van der Waals surface area contributed by atoms with E-state index in [0.29, 0.717) is 0 Å². The first-order chi connectivity index (χ1) is 14.3. The van der Waals surface area contributed by atoms with Crippen LogP contribution < -0.4 is 33.8 Å². The molecule has 3 rings (SSSR count). The van der Waals surface area contributed by atoms with Gasteiger partial charge in [-0.05, 0) is 0 Å². The molecular weight excluding hydrogens is 592 g/mol. The first-order valence-corrected chi connectivity index (χ1v) is 27.9. The summed E-state index contributed by atoms with van der Waals surface area (Å²) in [6.45, 7) is 32.2. The summed E-state index contributed by atoms with van der Waals surface area (Å²) in [5, 5.41) is 0. The van der Waals surface area contributed by atoms with Gasteiger partial charge in [-0.25, -0.2) is 0 Å². The van der Waals surface area contributed by atoms with Crippen molar-refractivity contribution < 1.29 is 33.8 Å². The second kappa shape index (κ2) is 17.9. The van der Waals surface area contributed by atoms with Crippen molar-refractivity contribution >= 4 is 53.2 Å². The zero-order chi connectivity index (χ0) is 23.5. The van der Waals surface area contributed by atoms with Gasteiger partial charge in [0.1, 0.15) is 13.1 Å². The summed E-state index contributed by atoms with van der Waals surface area (Å²) in [4.78, 5) is 3.74. The third-order valence-corrected chi connectivity index (χ3v) is 64.9. The number of nitrogens with one attached hydrogen (secondary N) is 2. The van der Waals surface area contributed by atoms with Gasteiger partial charge in [0.05, 0.1) is 26.2 Å². The van der Waals surface area contributed by atoms with Crippen LogP contribution in [0.5, 0.6) is 0 Å². The van der Waals surface area contributed by atoms with Gasteiger partial charge in [-0.2, -0.15) is 0 Å². The van der Waals surface area contributed by atoms with Gasteiger partial charge in [0.2, 0.25) is 0 Å². The average molecular weight is 647 g/mol. The fraction of sp³-hybridized carbons (Fsp3) is 0.760. The van der Waals surface area contributed by atoms with Crippen LogP contribution in [0.15, 0.2) is 36.4 Å². The van der Waals surface area contributed by atoms with E-state index in [1.165, 1.54) is 65.0 Å². The smallest absolute Gasteiger partial charge is 1.00 e. The van der Waals surface area contributed by atoms with Gasteiger partial charge in [0.25, 0.3) is 0 Å². The van der Waals surface area contributed by atoms with Crippen molar-refractivity contribution in [2.75, 3.05) is 39.3 Å². The van der Waals surface area contributed by atoms with Crippen LogP contribution in [0.3, 0.4) is 0 Å². The summed E-state index contributed by atoms with van der Waals surface area (Å²) in [5.74, 6) is 0.